The molecule has 0 saturated carbocycles. The molecule has 0 aliphatic carbocycles. The van der Waals surface area contributed by atoms with E-state index in [0.717, 1.165) is 17.0 Å². The van der Waals surface area contributed by atoms with E-state index in [2.05, 4.69) is 21.2 Å². The number of carboxylic acids is 1. The van der Waals surface area contributed by atoms with Gasteiger partial charge in [0, 0.05) is 10.0 Å². The Hall–Kier alpha value is -1.40. The SMILES string of the molecule is Cc1cc(Br)cc(C(=O)NCC(C)(O)C(=O)O)c1. The van der Waals surface area contributed by atoms with Gasteiger partial charge in [-0.3, -0.25) is 4.79 Å². The van der Waals surface area contributed by atoms with E-state index in [1.807, 2.05) is 13.0 Å². The number of carbonyl (C=O) groups excluding carboxylic acids is 1. The van der Waals surface area contributed by atoms with Crippen molar-refractivity contribution in [3.05, 3.63) is 33.8 Å². The minimum Gasteiger partial charge on any atom is -0.479 e. The molecule has 98 valence electrons. The van der Waals surface area contributed by atoms with Crippen LogP contribution in [-0.4, -0.2) is 34.2 Å². The van der Waals surface area contributed by atoms with E-state index in [1.165, 1.54) is 0 Å². The van der Waals surface area contributed by atoms with Gasteiger partial charge in [0.2, 0.25) is 0 Å². The fourth-order valence-corrected chi connectivity index (χ4v) is 1.91. The molecular formula is C12H14BrNO4. The number of carboxylic acid groups (broad SMARTS) is 1. The summed E-state index contributed by atoms with van der Waals surface area (Å²) in [5.74, 6) is -1.81. The number of rotatable bonds is 4. The molecule has 6 heteroatoms. The number of carbonyl (C=O) groups is 2. The Morgan fingerprint density at radius 3 is 2.50 bits per heavy atom. The lowest BCUT2D eigenvalue weighted by Gasteiger charge is -2.18. The molecule has 1 unspecified atom stereocenters. The average Bonchev–Trinajstić information content (AvgIpc) is 2.24. The van der Waals surface area contributed by atoms with Crippen molar-refractivity contribution in [1.82, 2.24) is 5.32 Å². The van der Waals surface area contributed by atoms with Crippen molar-refractivity contribution in [3.8, 4) is 0 Å². The third-order valence-corrected chi connectivity index (χ3v) is 2.82. The summed E-state index contributed by atoms with van der Waals surface area (Å²) in [7, 11) is 0. The maximum Gasteiger partial charge on any atom is 0.337 e. The van der Waals surface area contributed by atoms with Gasteiger partial charge in [0.05, 0.1) is 6.54 Å². The molecule has 0 spiro atoms. The highest BCUT2D eigenvalue weighted by molar-refractivity contribution is 9.10. The number of hydrogen-bond donors (Lipinski definition) is 3. The highest BCUT2D eigenvalue weighted by Crippen LogP contribution is 2.15. The molecule has 0 aliphatic heterocycles. The van der Waals surface area contributed by atoms with Crippen molar-refractivity contribution in [3.63, 3.8) is 0 Å². The van der Waals surface area contributed by atoms with Gasteiger partial charge in [-0.15, -0.1) is 0 Å². The van der Waals surface area contributed by atoms with Crippen molar-refractivity contribution in [2.75, 3.05) is 6.54 Å². The van der Waals surface area contributed by atoms with Gasteiger partial charge >= 0.3 is 5.97 Å². The standard InChI is InChI=1S/C12H14BrNO4/c1-7-3-8(5-9(13)4-7)10(15)14-6-12(2,18)11(16)17/h3-5,18H,6H2,1-2H3,(H,14,15)(H,16,17). The number of aliphatic carboxylic acids is 1. The number of halogens is 1. The summed E-state index contributed by atoms with van der Waals surface area (Å²) in [6.07, 6.45) is 0. The van der Waals surface area contributed by atoms with Crippen molar-refractivity contribution in [2.24, 2.45) is 0 Å². The molecule has 0 heterocycles. The second-order valence-electron chi connectivity index (χ2n) is 4.28. The van der Waals surface area contributed by atoms with Crippen LogP contribution in [0.2, 0.25) is 0 Å². The number of hydrogen-bond acceptors (Lipinski definition) is 3. The first-order chi connectivity index (χ1) is 8.22. The molecular weight excluding hydrogens is 302 g/mol. The maximum absolute atomic E-state index is 11.8. The monoisotopic (exact) mass is 315 g/mol. The Morgan fingerprint density at radius 1 is 1.39 bits per heavy atom. The molecule has 18 heavy (non-hydrogen) atoms. The summed E-state index contributed by atoms with van der Waals surface area (Å²) in [5.41, 5.74) is -0.668. The van der Waals surface area contributed by atoms with Gasteiger partial charge in [0.15, 0.2) is 5.60 Å². The number of benzene rings is 1. The number of aryl methyl sites for hydroxylation is 1. The second kappa shape index (κ2) is 5.49. The molecule has 0 aliphatic rings. The molecule has 1 aromatic carbocycles. The Bertz CT molecular complexity index is 465. The van der Waals surface area contributed by atoms with Crippen LogP contribution in [0.5, 0.6) is 0 Å². The molecule has 0 bridgehead atoms. The molecule has 0 aromatic heterocycles. The summed E-state index contributed by atoms with van der Waals surface area (Å²) in [6.45, 7) is 2.61. The van der Waals surface area contributed by atoms with Gasteiger partial charge in [0.25, 0.3) is 5.91 Å². The predicted octanol–water partition coefficient (Wildman–Crippen LogP) is 1.32. The number of nitrogens with one attached hydrogen (secondary N) is 1. The fraction of sp³-hybridized carbons (Fsp3) is 0.333. The quantitative estimate of drug-likeness (QED) is 0.782. The van der Waals surface area contributed by atoms with E-state index >= 15 is 0 Å². The van der Waals surface area contributed by atoms with Crippen LogP contribution < -0.4 is 5.32 Å². The van der Waals surface area contributed by atoms with E-state index in [1.54, 1.807) is 12.1 Å². The lowest BCUT2D eigenvalue weighted by atomic mass is 10.1. The summed E-state index contributed by atoms with van der Waals surface area (Å²) in [4.78, 5) is 22.5. The first kappa shape index (κ1) is 14.7. The summed E-state index contributed by atoms with van der Waals surface area (Å²) < 4.78 is 0.762. The molecule has 1 amide bonds. The molecule has 1 rings (SSSR count). The van der Waals surface area contributed by atoms with Crippen LogP contribution in [0, 0.1) is 6.92 Å². The van der Waals surface area contributed by atoms with E-state index in [0.29, 0.717) is 5.56 Å². The maximum atomic E-state index is 11.8. The van der Waals surface area contributed by atoms with Crippen LogP contribution in [0.1, 0.15) is 22.8 Å². The summed E-state index contributed by atoms with van der Waals surface area (Å²) in [6, 6.07) is 5.15. The number of amides is 1. The largest absolute Gasteiger partial charge is 0.479 e. The zero-order valence-electron chi connectivity index (χ0n) is 10.0. The van der Waals surface area contributed by atoms with Gasteiger partial charge in [-0.25, -0.2) is 4.79 Å². The van der Waals surface area contributed by atoms with Crippen LogP contribution in [0.3, 0.4) is 0 Å². The first-order valence-electron chi connectivity index (χ1n) is 5.23. The molecule has 0 saturated heterocycles. The van der Waals surface area contributed by atoms with Gasteiger partial charge < -0.3 is 15.5 Å². The number of aliphatic hydroxyl groups is 1. The molecule has 1 atom stereocenters. The zero-order valence-corrected chi connectivity index (χ0v) is 11.6. The smallest absolute Gasteiger partial charge is 0.337 e. The van der Waals surface area contributed by atoms with Crippen LogP contribution in [-0.2, 0) is 4.79 Å². The lowest BCUT2D eigenvalue weighted by Crippen LogP contribution is -2.46. The van der Waals surface area contributed by atoms with Gasteiger partial charge in [0.1, 0.15) is 0 Å². The predicted molar refractivity (Wildman–Crippen MR) is 69.5 cm³/mol. The van der Waals surface area contributed by atoms with Crippen LogP contribution >= 0.6 is 15.9 Å². The van der Waals surface area contributed by atoms with Gasteiger partial charge in [-0.2, -0.15) is 0 Å². The minimum atomic E-state index is -1.98. The highest BCUT2D eigenvalue weighted by Gasteiger charge is 2.30. The van der Waals surface area contributed by atoms with Crippen molar-refractivity contribution >= 4 is 27.8 Å². The average molecular weight is 316 g/mol. The Kier molecular flexibility index (Phi) is 4.48. The van der Waals surface area contributed by atoms with Gasteiger partial charge in [-0.05, 0) is 37.6 Å². The normalized spacial score (nSPS) is 13.8. The van der Waals surface area contributed by atoms with Crippen LogP contribution in [0.15, 0.2) is 22.7 Å². The van der Waals surface area contributed by atoms with E-state index in [4.69, 9.17) is 5.11 Å². The van der Waals surface area contributed by atoms with E-state index < -0.39 is 17.5 Å². The third-order valence-electron chi connectivity index (χ3n) is 2.36. The molecule has 3 N–H and O–H groups in total. The van der Waals surface area contributed by atoms with E-state index in [-0.39, 0.29) is 6.54 Å². The van der Waals surface area contributed by atoms with Crippen LogP contribution in [0.25, 0.3) is 0 Å². The summed E-state index contributed by atoms with van der Waals surface area (Å²) in [5, 5.41) is 20.6. The lowest BCUT2D eigenvalue weighted by molar-refractivity contribution is -0.155. The highest BCUT2D eigenvalue weighted by atomic mass is 79.9. The Labute approximate surface area is 113 Å². The molecule has 0 radical (unpaired) electrons. The van der Waals surface area contributed by atoms with Crippen molar-refractivity contribution in [1.29, 1.82) is 0 Å². The van der Waals surface area contributed by atoms with Crippen LogP contribution in [0.4, 0.5) is 0 Å². The second-order valence-corrected chi connectivity index (χ2v) is 5.19. The Morgan fingerprint density at radius 2 is 2.00 bits per heavy atom. The molecule has 0 fully saturated rings. The van der Waals surface area contributed by atoms with Crippen molar-refractivity contribution < 1.29 is 19.8 Å². The topological polar surface area (TPSA) is 86.6 Å². The Balaban J connectivity index is 2.75. The summed E-state index contributed by atoms with van der Waals surface area (Å²) >= 11 is 3.27. The third kappa shape index (κ3) is 3.82. The fourth-order valence-electron chi connectivity index (χ4n) is 1.30. The zero-order chi connectivity index (χ0) is 13.9. The van der Waals surface area contributed by atoms with Gasteiger partial charge in [-0.1, -0.05) is 15.9 Å². The minimum absolute atomic E-state index is 0.354. The molecule has 5 nitrogen and oxygen atoms in total. The van der Waals surface area contributed by atoms with Crippen molar-refractivity contribution in [2.45, 2.75) is 19.4 Å². The molecule has 1 aromatic rings. The van der Waals surface area contributed by atoms with E-state index in [9.17, 15) is 14.7 Å². The first-order valence-corrected chi connectivity index (χ1v) is 6.03.